The van der Waals surface area contributed by atoms with E-state index in [4.69, 9.17) is 4.98 Å². The number of nitrogens with one attached hydrogen (secondary N) is 1. The molecule has 2 aromatic carbocycles. The van der Waals surface area contributed by atoms with Crippen LogP contribution in [0.2, 0.25) is 0 Å². The first-order valence-electron chi connectivity index (χ1n) is 7.17. The number of para-hydroxylation sites is 2. The lowest BCUT2D eigenvalue weighted by Gasteiger charge is -2.09. The standard InChI is InChI=1S/C17H16BrN3O/c1-2-19-16(22)11-21-15-9-4-3-8-14(15)20-17(21)12-6-5-7-13(18)10-12/h3-10H,2,11H2,1H3,(H,19,22). The Labute approximate surface area is 137 Å². The van der Waals surface area contributed by atoms with E-state index in [0.717, 1.165) is 26.9 Å². The molecular weight excluding hydrogens is 342 g/mol. The van der Waals surface area contributed by atoms with Gasteiger partial charge in [0.05, 0.1) is 11.0 Å². The van der Waals surface area contributed by atoms with Gasteiger partial charge in [0.2, 0.25) is 5.91 Å². The van der Waals surface area contributed by atoms with Crippen LogP contribution in [0.3, 0.4) is 0 Å². The normalized spacial score (nSPS) is 10.8. The molecule has 0 aliphatic heterocycles. The maximum Gasteiger partial charge on any atom is 0.240 e. The van der Waals surface area contributed by atoms with Crippen molar-refractivity contribution in [2.75, 3.05) is 6.54 Å². The van der Waals surface area contributed by atoms with Crippen LogP contribution in [0, 0.1) is 0 Å². The first-order chi connectivity index (χ1) is 10.7. The number of amides is 1. The number of carbonyl (C=O) groups is 1. The van der Waals surface area contributed by atoms with E-state index in [9.17, 15) is 4.79 Å². The fourth-order valence-electron chi connectivity index (χ4n) is 2.48. The molecule has 0 spiro atoms. The van der Waals surface area contributed by atoms with Gasteiger partial charge >= 0.3 is 0 Å². The molecule has 1 aromatic heterocycles. The topological polar surface area (TPSA) is 46.9 Å². The molecule has 1 amide bonds. The maximum absolute atomic E-state index is 12.0. The highest BCUT2D eigenvalue weighted by Crippen LogP contribution is 2.26. The number of fused-ring (bicyclic) bond motifs is 1. The number of halogens is 1. The predicted octanol–water partition coefficient (Wildman–Crippen LogP) is 3.60. The molecule has 5 heteroatoms. The number of aromatic nitrogens is 2. The molecule has 0 radical (unpaired) electrons. The zero-order valence-corrected chi connectivity index (χ0v) is 13.8. The number of benzene rings is 2. The van der Waals surface area contributed by atoms with E-state index in [0.29, 0.717) is 6.54 Å². The molecular formula is C17H16BrN3O. The van der Waals surface area contributed by atoms with Crippen molar-refractivity contribution >= 4 is 32.9 Å². The van der Waals surface area contributed by atoms with Gasteiger partial charge in [-0.2, -0.15) is 0 Å². The smallest absolute Gasteiger partial charge is 0.240 e. The van der Waals surface area contributed by atoms with E-state index in [1.54, 1.807) is 0 Å². The summed E-state index contributed by atoms with van der Waals surface area (Å²) in [4.78, 5) is 16.7. The summed E-state index contributed by atoms with van der Waals surface area (Å²) in [5, 5.41) is 2.84. The van der Waals surface area contributed by atoms with Crippen LogP contribution in [0.1, 0.15) is 6.92 Å². The van der Waals surface area contributed by atoms with Gasteiger partial charge in [-0.15, -0.1) is 0 Å². The number of imidazole rings is 1. The summed E-state index contributed by atoms with van der Waals surface area (Å²) >= 11 is 3.49. The van der Waals surface area contributed by atoms with Gasteiger partial charge in [-0.05, 0) is 31.2 Å². The molecule has 3 rings (SSSR count). The molecule has 0 fully saturated rings. The average molecular weight is 358 g/mol. The average Bonchev–Trinajstić information content (AvgIpc) is 2.86. The van der Waals surface area contributed by atoms with E-state index < -0.39 is 0 Å². The third-order valence-corrected chi connectivity index (χ3v) is 3.91. The Balaban J connectivity index is 2.14. The molecule has 0 saturated heterocycles. The summed E-state index contributed by atoms with van der Waals surface area (Å²) in [5.41, 5.74) is 2.83. The van der Waals surface area contributed by atoms with Gasteiger partial charge in [0.15, 0.2) is 0 Å². The number of hydrogen-bond acceptors (Lipinski definition) is 2. The Morgan fingerprint density at radius 1 is 1.23 bits per heavy atom. The molecule has 112 valence electrons. The lowest BCUT2D eigenvalue weighted by molar-refractivity contribution is -0.121. The largest absolute Gasteiger partial charge is 0.355 e. The van der Waals surface area contributed by atoms with Crippen molar-refractivity contribution in [2.45, 2.75) is 13.5 Å². The third-order valence-electron chi connectivity index (χ3n) is 3.41. The fourth-order valence-corrected chi connectivity index (χ4v) is 2.88. The van der Waals surface area contributed by atoms with Crippen LogP contribution < -0.4 is 5.32 Å². The molecule has 0 atom stereocenters. The van der Waals surface area contributed by atoms with E-state index in [-0.39, 0.29) is 12.5 Å². The number of nitrogens with zero attached hydrogens (tertiary/aromatic N) is 2. The number of carbonyl (C=O) groups excluding carboxylic acids is 1. The van der Waals surface area contributed by atoms with Crippen LogP contribution in [0.15, 0.2) is 53.0 Å². The zero-order chi connectivity index (χ0) is 15.5. The second kappa shape index (κ2) is 6.32. The maximum atomic E-state index is 12.0. The zero-order valence-electron chi connectivity index (χ0n) is 12.2. The molecule has 1 heterocycles. The lowest BCUT2D eigenvalue weighted by Crippen LogP contribution is -2.27. The van der Waals surface area contributed by atoms with E-state index in [1.807, 2.05) is 60.0 Å². The van der Waals surface area contributed by atoms with Crippen LogP contribution in [0.4, 0.5) is 0 Å². The summed E-state index contributed by atoms with van der Waals surface area (Å²) in [7, 11) is 0. The van der Waals surface area contributed by atoms with Crippen molar-refractivity contribution in [3.63, 3.8) is 0 Å². The number of hydrogen-bond donors (Lipinski definition) is 1. The molecule has 4 nitrogen and oxygen atoms in total. The first-order valence-corrected chi connectivity index (χ1v) is 7.96. The van der Waals surface area contributed by atoms with E-state index in [1.165, 1.54) is 0 Å². The highest BCUT2D eigenvalue weighted by molar-refractivity contribution is 9.10. The highest BCUT2D eigenvalue weighted by Gasteiger charge is 2.14. The Morgan fingerprint density at radius 2 is 2.05 bits per heavy atom. The molecule has 0 aliphatic carbocycles. The Bertz CT molecular complexity index is 826. The lowest BCUT2D eigenvalue weighted by atomic mass is 10.2. The molecule has 0 unspecified atom stereocenters. The van der Waals surface area contributed by atoms with Crippen LogP contribution in [0.25, 0.3) is 22.4 Å². The SMILES string of the molecule is CCNC(=O)Cn1c(-c2cccc(Br)c2)nc2ccccc21. The monoisotopic (exact) mass is 357 g/mol. The van der Waals surface area contributed by atoms with Crippen molar-refractivity contribution in [1.82, 2.24) is 14.9 Å². The van der Waals surface area contributed by atoms with Crippen molar-refractivity contribution in [3.05, 3.63) is 53.0 Å². The number of likely N-dealkylation sites (N-methyl/N-ethyl adjacent to an activating group) is 1. The molecule has 3 aromatic rings. The van der Waals surface area contributed by atoms with Gasteiger partial charge in [-0.25, -0.2) is 4.98 Å². The van der Waals surface area contributed by atoms with Crippen LogP contribution in [-0.2, 0) is 11.3 Å². The first kappa shape index (κ1) is 14.8. The van der Waals surface area contributed by atoms with Gasteiger partial charge in [0.1, 0.15) is 12.4 Å². The van der Waals surface area contributed by atoms with E-state index in [2.05, 4.69) is 21.2 Å². The van der Waals surface area contributed by atoms with Crippen molar-refractivity contribution < 1.29 is 4.79 Å². The summed E-state index contributed by atoms with van der Waals surface area (Å²) < 4.78 is 2.95. The van der Waals surface area contributed by atoms with Gasteiger partial charge < -0.3 is 9.88 Å². The summed E-state index contributed by atoms with van der Waals surface area (Å²) in [6.07, 6.45) is 0. The summed E-state index contributed by atoms with van der Waals surface area (Å²) in [6, 6.07) is 15.8. The van der Waals surface area contributed by atoms with Crippen LogP contribution in [0.5, 0.6) is 0 Å². The Kier molecular flexibility index (Phi) is 4.24. The summed E-state index contributed by atoms with van der Waals surface area (Å²) in [5.74, 6) is 0.788. The van der Waals surface area contributed by atoms with Gasteiger partial charge in [-0.1, -0.05) is 40.2 Å². The van der Waals surface area contributed by atoms with Crippen molar-refractivity contribution in [3.8, 4) is 11.4 Å². The third kappa shape index (κ3) is 2.90. The summed E-state index contributed by atoms with van der Waals surface area (Å²) in [6.45, 7) is 2.80. The van der Waals surface area contributed by atoms with Gasteiger partial charge in [-0.3, -0.25) is 4.79 Å². The quantitative estimate of drug-likeness (QED) is 0.775. The molecule has 0 aliphatic rings. The predicted molar refractivity (Wildman–Crippen MR) is 91.6 cm³/mol. The second-order valence-corrected chi connectivity index (χ2v) is 5.89. The van der Waals surface area contributed by atoms with Gasteiger partial charge in [0.25, 0.3) is 0 Å². The second-order valence-electron chi connectivity index (χ2n) is 4.97. The molecule has 0 saturated carbocycles. The minimum Gasteiger partial charge on any atom is -0.355 e. The van der Waals surface area contributed by atoms with Crippen LogP contribution in [-0.4, -0.2) is 22.0 Å². The Morgan fingerprint density at radius 3 is 2.82 bits per heavy atom. The molecule has 22 heavy (non-hydrogen) atoms. The minimum atomic E-state index is -0.0121. The fraction of sp³-hybridized carbons (Fsp3) is 0.176. The minimum absolute atomic E-state index is 0.0121. The van der Waals surface area contributed by atoms with Crippen molar-refractivity contribution in [2.24, 2.45) is 0 Å². The van der Waals surface area contributed by atoms with Crippen LogP contribution >= 0.6 is 15.9 Å². The number of rotatable bonds is 4. The Hall–Kier alpha value is -2.14. The highest BCUT2D eigenvalue weighted by atomic mass is 79.9. The van der Waals surface area contributed by atoms with Crippen molar-refractivity contribution in [1.29, 1.82) is 0 Å². The van der Waals surface area contributed by atoms with E-state index >= 15 is 0 Å². The molecule has 1 N–H and O–H groups in total. The molecule has 0 bridgehead atoms. The van der Waals surface area contributed by atoms with Gasteiger partial charge in [0, 0.05) is 16.6 Å².